The van der Waals surface area contributed by atoms with E-state index in [9.17, 15) is 0 Å². The van der Waals surface area contributed by atoms with Crippen LogP contribution >= 0.6 is 25.8 Å². The van der Waals surface area contributed by atoms with Crippen molar-refractivity contribution < 1.29 is 42.9 Å². The van der Waals surface area contributed by atoms with Gasteiger partial charge in [0.1, 0.15) is 6.10 Å². The first-order valence-electron chi connectivity index (χ1n) is 3.38. The molecule has 0 rings (SSSR count). The quantitative estimate of drug-likeness (QED) is 0.310. The third-order valence-electron chi connectivity index (χ3n) is 0.995. The zero-order chi connectivity index (χ0) is 11.8. The van der Waals surface area contributed by atoms with E-state index in [1.165, 1.54) is 0 Å². The fourth-order valence-corrected chi connectivity index (χ4v) is 1.53. The van der Waals surface area contributed by atoms with E-state index < -0.39 is 31.9 Å². The van der Waals surface area contributed by atoms with Gasteiger partial charge in [0.2, 0.25) is 0 Å². The highest BCUT2D eigenvalue weighted by Gasteiger charge is 2.18. The molecule has 0 heterocycles. The van der Waals surface area contributed by atoms with Crippen LogP contribution in [0.5, 0.6) is 0 Å². The molecule has 0 atom stereocenters. The molecule has 0 fully saturated rings. The number of hydrogen-bond donors (Lipinski definition) is 6. The van der Waals surface area contributed by atoms with Crippen LogP contribution in [0, 0.1) is 0 Å². The Balaban J connectivity index is 3.84. The maximum atomic E-state index is 8.50. The molecule has 0 aliphatic carbocycles. The molecule has 0 aromatic rings. The second-order valence-electron chi connectivity index (χ2n) is 2.08. The standard InChI is InChI=1S/C3H11O9P3/c4-13(5)10-1-3(12-15(8)9)2-11-14(6)7/h3-9H,1-2H2. The van der Waals surface area contributed by atoms with Crippen LogP contribution in [0.2, 0.25) is 0 Å². The summed E-state index contributed by atoms with van der Waals surface area (Å²) in [4.78, 5) is 50.6. The van der Waals surface area contributed by atoms with Crippen LogP contribution in [0.1, 0.15) is 0 Å². The van der Waals surface area contributed by atoms with Gasteiger partial charge >= 0.3 is 25.8 Å². The summed E-state index contributed by atoms with van der Waals surface area (Å²) in [5.41, 5.74) is 0. The molecule has 6 N–H and O–H groups in total. The van der Waals surface area contributed by atoms with Crippen molar-refractivity contribution in [3.63, 3.8) is 0 Å². The minimum atomic E-state index is -2.67. The van der Waals surface area contributed by atoms with E-state index in [0.29, 0.717) is 0 Å². The van der Waals surface area contributed by atoms with Gasteiger partial charge in [0.15, 0.2) is 0 Å². The van der Waals surface area contributed by atoms with Crippen molar-refractivity contribution in [1.29, 1.82) is 0 Å². The Kier molecular flexibility index (Phi) is 9.57. The number of hydrogen-bond acceptors (Lipinski definition) is 9. The molecular weight excluding hydrogens is 273 g/mol. The summed E-state index contributed by atoms with van der Waals surface area (Å²) in [5.74, 6) is 0. The predicted octanol–water partition coefficient (Wildman–Crippen LogP) is -0.961. The lowest BCUT2D eigenvalue weighted by atomic mass is 10.4. The molecule has 12 heteroatoms. The molecule has 0 saturated heterocycles. The molecule has 0 aliphatic heterocycles. The zero-order valence-corrected chi connectivity index (χ0v) is 9.92. The monoisotopic (exact) mass is 284 g/mol. The van der Waals surface area contributed by atoms with Crippen LogP contribution in [-0.2, 0) is 13.6 Å². The summed E-state index contributed by atoms with van der Waals surface area (Å²) in [6, 6.07) is 0. The minimum absolute atomic E-state index is 0.387. The Morgan fingerprint density at radius 1 is 0.733 bits per heavy atom. The Hall–Kier alpha value is 0.930. The highest BCUT2D eigenvalue weighted by atomic mass is 31.2. The van der Waals surface area contributed by atoms with Crippen molar-refractivity contribution in [2.75, 3.05) is 13.2 Å². The van der Waals surface area contributed by atoms with Gasteiger partial charge in [-0.05, 0) is 0 Å². The average Bonchev–Trinajstić information content (AvgIpc) is 2.08. The summed E-state index contributed by atoms with van der Waals surface area (Å²) in [5, 5.41) is 0. The largest absolute Gasteiger partial charge is 0.328 e. The van der Waals surface area contributed by atoms with E-state index in [4.69, 9.17) is 29.4 Å². The zero-order valence-electron chi connectivity index (χ0n) is 7.24. The summed E-state index contributed by atoms with van der Waals surface area (Å²) >= 11 is 0. The minimum Gasteiger partial charge on any atom is -0.328 e. The lowest BCUT2D eigenvalue weighted by Crippen LogP contribution is -2.22. The van der Waals surface area contributed by atoms with Gasteiger partial charge in [0, 0.05) is 0 Å². The van der Waals surface area contributed by atoms with Crippen molar-refractivity contribution in [2.24, 2.45) is 0 Å². The van der Waals surface area contributed by atoms with Crippen molar-refractivity contribution in [1.82, 2.24) is 0 Å². The maximum Gasteiger partial charge on any atom is 0.327 e. The van der Waals surface area contributed by atoms with Gasteiger partial charge in [-0.2, -0.15) is 0 Å². The highest BCUT2D eigenvalue weighted by Crippen LogP contribution is 2.32. The Morgan fingerprint density at radius 3 is 1.40 bits per heavy atom. The van der Waals surface area contributed by atoms with Gasteiger partial charge in [0.25, 0.3) is 0 Å². The first kappa shape index (κ1) is 15.9. The van der Waals surface area contributed by atoms with Crippen molar-refractivity contribution in [3.8, 4) is 0 Å². The highest BCUT2D eigenvalue weighted by molar-refractivity contribution is 7.40. The SMILES string of the molecule is OP(O)OCC(COP(O)O)OP(O)O. The van der Waals surface area contributed by atoms with Gasteiger partial charge in [0.05, 0.1) is 13.2 Å². The summed E-state index contributed by atoms with van der Waals surface area (Å²) in [6.45, 7) is -0.774. The van der Waals surface area contributed by atoms with Gasteiger partial charge < -0.3 is 42.9 Å². The molecule has 9 nitrogen and oxygen atoms in total. The van der Waals surface area contributed by atoms with Crippen LogP contribution in [0.15, 0.2) is 0 Å². The second-order valence-corrected chi connectivity index (χ2v) is 4.32. The van der Waals surface area contributed by atoms with Crippen molar-refractivity contribution in [2.45, 2.75) is 6.10 Å². The molecular formula is C3H11O9P3. The molecule has 0 aliphatic rings. The first-order chi connectivity index (χ1) is 6.91. The molecule has 0 aromatic heterocycles. The van der Waals surface area contributed by atoms with E-state index in [1.807, 2.05) is 0 Å². The van der Waals surface area contributed by atoms with E-state index in [0.717, 1.165) is 0 Å². The van der Waals surface area contributed by atoms with Crippen LogP contribution in [0.25, 0.3) is 0 Å². The Morgan fingerprint density at radius 2 is 1.13 bits per heavy atom. The van der Waals surface area contributed by atoms with Crippen molar-refractivity contribution >= 4 is 25.8 Å². The maximum absolute atomic E-state index is 8.50. The molecule has 0 bridgehead atoms. The number of rotatable bonds is 8. The third kappa shape index (κ3) is 11.2. The second kappa shape index (κ2) is 9.01. The fraction of sp³-hybridized carbons (Fsp3) is 1.00. The molecule has 0 radical (unpaired) electrons. The van der Waals surface area contributed by atoms with Crippen LogP contribution in [0.3, 0.4) is 0 Å². The molecule has 0 unspecified atom stereocenters. The fourth-order valence-electron chi connectivity index (χ4n) is 0.542. The van der Waals surface area contributed by atoms with Gasteiger partial charge in [-0.15, -0.1) is 0 Å². The van der Waals surface area contributed by atoms with Crippen LogP contribution in [0.4, 0.5) is 0 Å². The normalized spacial score (nSPS) is 12.4. The van der Waals surface area contributed by atoms with Gasteiger partial charge in [-0.3, -0.25) is 0 Å². The summed E-state index contributed by atoms with van der Waals surface area (Å²) in [6.07, 6.45) is -1.04. The lowest BCUT2D eigenvalue weighted by Gasteiger charge is -2.17. The molecule has 0 aromatic carbocycles. The molecule has 0 amide bonds. The molecule has 92 valence electrons. The Bertz CT molecular complexity index is 142. The molecule has 0 saturated carbocycles. The van der Waals surface area contributed by atoms with Crippen LogP contribution < -0.4 is 0 Å². The van der Waals surface area contributed by atoms with Crippen LogP contribution in [-0.4, -0.2) is 48.7 Å². The summed E-state index contributed by atoms with van der Waals surface area (Å²) in [7, 11) is -7.86. The topological polar surface area (TPSA) is 149 Å². The van der Waals surface area contributed by atoms with Gasteiger partial charge in [-0.1, -0.05) is 0 Å². The van der Waals surface area contributed by atoms with E-state index >= 15 is 0 Å². The molecule has 0 spiro atoms. The average molecular weight is 284 g/mol. The lowest BCUT2D eigenvalue weighted by molar-refractivity contribution is 0.0610. The Labute approximate surface area is 88.9 Å². The smallest absolute Gasteiger partial charge is 0.327 e. The summed E-state index contributed by atoms with van der Waals surface area (Å²) < 4.78 is 13.1. The van der Waals surface area contributed by atoms with Gasteiger partial charge in [-0.25, -0.2) is 0 Å². The predicted molar refractivity (Wildman–Crippen MR) is 50.8 cm³/mol. The molecule has 15 heavy (non-hydrogen) atoms. The third-order valence-corrected chi connectivity index (χ3v) is 2.24. The first-order valence-corrected chi connectivity index (χ1v) is 6.87. The van der Waals surface area contributed by atoms with E-state index in [1.54, 1.807) is 0 Å². The van der Waals surface area contributed by atoms with E-state index in [-0.39, 0.29) is 13.2 Å². The van der Waals surface area contributed by atoms with Crippen molar-refractivity contribution in [3.05, 3.63) is 0 Å². The van der Waals surface area contributed by atoms with E-state index in [2.05, 4.69) is 13.6 Å².